The molecule has 0 unspecified atom stereocenters. The van der Waals surface area contributed by atoms with Gasteiger partial charge in [-0.25, -0.2) is 4.98 Å². The average molecular weight is 364 g/mol. The Morgan fingerprint density at radius 2 is 1.93 bits per heavy atom. The topological polar surface area (TPSA) is 64.2 Å². The van der Waals surface area contributed by atoms with Crippen molar-refractivity contribution in [3.8, 4) is 11.5 Å². The SMILES string of the molecule is COc1cc(C=Cc2nc3ccccc3c(=O)[nH]2)ccc1OCCC(C)C. The van der Waals surface area contributed by atoms with Crippen LogP contribution in [0.15, 0.2) is 47.3 Å². The fourth-order valence-electron chi connectivity index (χ4n) is 2.67. The first-order valence-corrected chi connectivity index (χ1v) is 9.05. The number of para-hydroxylation sites is 1. The van der Waals surface area contributed by atoms with Crippen molar-refractivity contribution in [2.45, 2.75) is 20.3 Å². The second kappa shape index (κ2) is 8.54. The van der Waals surface area contributed by atoms with Crippen molar-refractivity contribution in [3.05, 3.63) is 64.2 Å². The van der Waals surface area contributed by atoms with Crippen LogP contribution in [0.5, 0.6) is 11.5 Å². The molecule has 0 fully saturated rings. The lowest BCUT2D eigenvalue weighted by molar-refractivity contribution is 0.273. The molecule has 27 heavy (non-hydrogen) atoms. The molecule has 2 aromatic carbocycles. The Labute approximate surface area is 158 Å². The third-order valence-corrected chi connectivity index (χ3v) is 4.21. The van der Waals surface area contributed by atoms with Gasteiger partial charge < -0.3 is 14.5 Å². The lowest BCUT2D eigenvalue weighted by atomic mass is 10.1. The van der Waals surface area contributed by atoms with Crippen LogP contribution in [0.1, 0.15) is 31.7 Å². The number of aromatic nitrogens is 2. The Hall–Kier alpha value is -3.08. The van der Waals surface area contributed by atoms with Gasteiger partial charge in [0.25, 0.3) is 5.56 Å². The Morgan fingerprint density at radius 1 is 1.11 bits per heavy atom. The van der Waals surface area contributed by atoms with Crippen LogP contribution in [0.25, 0.3) is 23.1 Å². The van der Waals surface area contributed by atoms with Crippen LogP contribution in [0, 0.1) is 5.92 Å². The maximum absolute atomic E-state index is 12.1. The minimum atomic E-state index is -0.147. The smallest absolute Gasteiger partial charge is 0.259 e. The maximum atomic E-state index is 12.1. The molecule has 0 saturated carbocycles. The zero-order valence-electron chi connectivity index (χ0n) is 15.9. The largest absolute Gasteiger partial charge is 0.493 e. The highest BCUT2D eigenvalue weighted by Gasteiger charge is 2.06. The number of nitrogens with one attached hydrogen (secondary N) is 1. The first-order chi connectivity index (χ1) is 13.1. The molecule has 0 spiro atoms. The monoisotopic (exact) mass is 364 g/mol. The molecule has 3 rings (SSSR count). The number of H-pyrrole nitrogens is 1. The maximum Gasteiger partial charge on any atom is 0.259 e. The minimum Gasteiger partial charge on any atom is -0.493 e. The summed E-state index contributed by atoms with van der Waals surface area (Å²) in [7, 11) is 1.63. The molecule has 0 bridgehead atoms. The molecule has 1 N–H and O–H groups in total. The van der Waals surface area contributed by atoms with Gasteiger partial charge in [-0.1, -0.05) is 38.1 Å². The molecule has 0 aliphatic rings. The van der Waals surface area contributed by atoms with E-state index in [0.29, 0.717) is 35.0 Å². The molecule has 5 heteroatoms. The summed E-state index contributed by atoms with van der Waals surface area (Å²) in [5.41, 5.74) is 1.46. The number of benzene rings is 2. The molecule has 1 aromatic heterocycles. The van der Waals surface area contributed by atoms with Gasteiger partial charge >= 0.3 is 0 Å². The van der Waals surface area contributed by atoms with Crippen LogP contribution in [0.2, 0.25) is 0 Å². The van der Waals surface area contributed by atoms with Crippen LogP contribution >= 0.6 is 0 Å². The number of hydrogen-bond acceptors (Lipinski definition) is 4. The molecule has 0 aliphatic heterocycles. The van der Waals surface area contributed by atoms with Crippen molar-refractivity contribution in [2.75, 3.05) is 13.7 Å². The number of fused-ring (bicyclic) bond motifs is 1. The Kier molecular flexibility index (Phi) is 5.91. The molecule has 0 atom stereocenters. The highest BCUT2D eigenvalue weighted by molar-refractivity contribution is 5.79. The minimum absolute atomic E-state index is 0.147. The van der Waals surface area contributed by atoms with Gasteiger partial charge in [0.1, 0.15) is 5.82 Å². The van der Waals surface area contributed by atoms with Crippen molar-refractivity contribution < 1.29 is 9.47 Å². The number of aromatic amines is 1. The van der Waals surface area contributed by atoms with E-state index in [1.54, 1.807) is 19.3 Å². The van der Waals surface area contributed by atoms with Gasteiger partial charge in [0.15, 0.2) is 11.5 Å². The van der Waals surface area contributed by atoms with Gasteiger partial charge in [-0.2, -0.15) is 0 Å². The Morgan fingerprint density at radius 3 is 2.70 bits per heavy atom. The van der Waals surface area contributed by atoms with E-state index in [4.69, 9.17) is 9.47 Å². The quantitative estimate of drug-likeness (QED) is 0.669. The summed E-state index contributed by atoms with van der Waals surface area (Å²) in [6.45, 7) is 4.99. The van der Waals surface area contributed by atoms with Gasteiger partial charge in [0.05, 0.1) is 24.6 Å². The molecular weight excluding hydrogens is 340 g/mol. The highest BCUT2D eigenvalue weighted by Crippen LogP contribution is 2.29. The van der Waals surface area contributed by atoms with E-state index in [-0.39, 0.29) is 5.56 Å². The predicted octanol–water partition coefficient (Wildman–Crippen LogP) is 4.53. The molecule has 0 saturated heterocycles. The zero-order chi connectivity index (χ0) is 19.2. The van der Waals surface area contributed by atoms with Gasteiger partial charge in [0, 0.05) is 0 Å². The number of rotatable bonds is 7. The Balaban J connectivity index is 1.80. The summed E-state index contributed by atoms with van der Waals surface area (Å²) in [5.74, 6) is 2.51. The molecular formula is C22H24N2O3. The van der Waals surface area contributed by atoms with Crippen LogP contribution in [-0.4, -0.2) is 23.7 Å². The summed E-state index contributed by atoms with van der Waals surface area (Å²) in [5, 5.41) is 0.583. The third kappa shape index (κ3) is 4.76. The van der Waals surface area contributed by atoms with Crippen molar-refractivity contribution >= 4 is 23.1 Å². The molecule has 1 heterocycles. The Bertz CT molecular complexity index is 1010. The average Bonchev–Trinajstić information content (AvgIpc) is 2.67. The summed E-state index contributed by atoms with van der Waals surface area (Å²) < 4.78 is 11.3. The van der Waals surface area contributed by atoms with Gasteiger partial charge in [-0.05, 0) is 48.2 Å². The number of hydrogen-bond donors (Lipinski definition) is 1. The fourth-order valence-corrected chi connectivity index (χ4v) is 2.67. The van der Waals surface area contributed by atoms with Crippen LogP contribution in [0.3, 0.4) is 0 Å². The summed E-state index contributed by atoms with van der Waals surface area (Å²) in [6, 6.07) is 13.0. The van der Waals surface area contributed by atoms with E-state index in [1.165, 1.54) is 0 Å². The molecule has 0 radical (unpaired) electrons. The highest BCUT2D eigenvalue weighted by atomic mass is 16.5. The van der Waals surface area contributed by atoms with Crippen molar-refractivity contribution in [1.29, 1.82) is 0 Å². The van der Waals surface area contributed by atoms with Crippen molar-refractivity contribution in [1.82, 2.24) is 9.97 Å². The van der Waals surface area contributed by atoms with Crippen LogP contribution in [-0.2, 0) is 0 Å². The molecule has 0 amide bonds. The van der Waals surface area contributed by atoms with E-state index in [2.05, 4.69) is 23.8 Å². The predicted molar refractivity (Wildman–Crippen MR) is 109 cm³/mol. The van der Waals surface area contributed by atoms with Crippen LogP contribution < -0.4 is 15.0 Å². The van der Waals surface area contributed by atoms with E-state index < -0.39 is 0 Å². The van der Waals surface area contributed by atoms with Gasteiger partial charge in [-0.3, -0.25) is 4.79 Å². The first-order valence-electron chi connectivity index (χ1n) is 9.05. The number of methoxy groups -OCH3 is 1. The van der Waals surface area contributed by atoms with Gasteiger partial charge in [0.2, 0.25) is 0 Å². The summed E-state index contributed by atoms with van der Waals surface area (Å²) in [6.07, 6.45) is 4.65. The molecule has 5 nitrogen and oxygen atoms in total. The second-order valence-corrected chi connectivity index (χ2v) is 6.74. The molecule has 3 aromatic rings. The van der Waals surface area contributed by atoms with E-state index in [9.17, 15) is 4.79 Å². The summed E-state index contributed by atoms with van der Waals surface area (Å²) in [4.78, 5) is 19.4. The summed E-state index contributed by atoms with van der Waals surface area (Å²) >= 11 is 0. The lowest BCUT2D eigenvalue weighted by Gasteiger charge is -2.12. The molecule has 140 valence electrons. The third-order valence-electron chi connectivity index (χ3n) is 4.21. The molecule has 0 aliphatic carbocycles. The zero-order valence-corrected chi connectivity index (χ0v) is 15.9. The van der Waals surface area contributed by atoms with E-state index in [1.807, 2.05) is 42.5 Å². The number of nitrogens with zero attached hydrogens (tertiary/aromatic N) is 1. The van der Waals surface area contributed by atoms with Crippen molar-refractivity contribution in [3.63, 3.8) is 0 Å². The number of ether oxygens (including phenoxy) is 2. The standard InChI is InChI=1S/C22H24N2O3/c1-15(2)12-13-27-19-10-8-16(14-20(19)26-3)9-11-21-23-18-7-5-4-6-17(18)22(25)24-21/h4-11,14-15H,12-13H2,1-3H3,(H,23,24,25). The van der Waals surface area contributed by atoms with Crippen LogP contribution in [0.4, 0.5) is 0 Å². The lowest BCUT2D eigenvalue weighted by Crippen LogP contribution is -2.09. The first kappa shape index (κ1) is 18.7. The van der Waals surface area contributed by atoms with Crippen molar-refractivity contribution in [2.24, 2.45) is 5.92 Å². The van der Waals surface area contributed by atoms with Gasteiger partial charge in [-0.15, -0.1) is 0 Å². The van der Waals surface area contributed by atoms with E-state index >= 15 is 0 Å². The van der Waals surface area contributed by atoms with E-state index in [0.717, 1.165) is 17.7 Å². The second-order valence-electron chi connectivity index (χ2n) is 6.74. The fraction of sp³-hybridized carbons (Fsp3) is 0.273. The normalized spacial score (nSPS) is 11.4.